The van der Waals surface area contributed by atoms with Crippen LogP contribution in [0.1, 0.15) is 33.1 Å². The minimum Gasteiger partial charge on any atom is -0.357 e. The number of likely N-dealkylation sites (N-methyl/N-ethyl adjacent to an activating group) is 1. The molecule has 0 aromatic heterocycles. The summed E-state index contributed by atoms with van der Waals surface area (Å²) in [5, 5.41) is 6.20. The van der Waals surface area contributed by atoms with Crippen molar-refractivity contribution in [2.45, 2.75) is 33.1 Å². The highest BCUT2D eigenvalue weighted by Gasteiger charge is 2.20. The number of carbonyl (C=O) groups excluding carboxylic acids is 2. The van der Waals surface area contributed by atoms with Crippen LogP contribution in [-0.2, 0) is 9.59 Å². The topological polar surface area (TPSA) is 77.0 Å². The van der Waals surface area contributed by atoms with Crippen LogP contribution >= 0.6 is 24.0 Å². The predicted octanol–water partition coefficient (Wildman–Crippen LogP) is 0.896. The van der Waals surface area contributed by atoms with Crippen molar-refractivity contribution in [1.82, 2.24) is 20.4 Å². The fraction of sp³-hybridized carbons (Fsp3) is 0.812. The Bertz CT molecular complexity index is 429. The third-order valence-corrected chi connectivity index (χ3v) is 3.86. The Morgan fingerprint density at radius 2 is 2.00 bits per heavy atom. The molecule has 8 heteroatoms. The summed E-state index contributed by atoms with van der Waals surface area (Å²) in [5.74, 6) is 1.30. The van der Waals surface area contributed by atoms with Crippen LogP contribution in [0.4, 0.5) is 0 Å². The minimum absolute atomic E-state index is 0. The zero-order valence-corrected chi connectivity index (χ0v) is 17.6. The van der Waals surface area contributed by atoms with E-state index in [1.54, 1.807) is 14.1 Å². The molecule has 0 aromatic carbocycles. The van der Waals surface area contributed by atoms with Gasteiger partial charge in [-0.25, -0.2) is 4.99 Å². The molecule has 1 rings (SSSR count). The standard InChI is InChI=1S/C16H31N5O2.HI/c1-5-17-16(19-11-15(23)20(3)4)18-9-8-14(22)21-10-6-7-13(2)12-21;/h13H,5-12H2,1-4H3,(H2,17,18,19);1H. The van der Waals surface area contributed by atoms with Gasteiger partial charge in [-0.2, -0.15) is 0 Å². The lowest BCUT2D eigenvalue weighted by Gasteiger charge is -2.31. The molecule has 1 saturated heterocycles. The largest absolute Gasteiger partial charge is 0.357 e. The highest BCUT2D eigenvalue weighted by Crippen LogP contribution is 2.15. The fourth-order valence-corrected chi connectivity index (χ4v) is 2.49. The van der Waals surface area contributed by atoms with Gasteiger partial charge in [-0.15, -0.1) is 24.0 Å². The monoisotopic (exact) mass is 453 g/mol. The predicted molar refractivity (Wildman–Crippen MR) is 108 cm³/mol. The summed E-state index contributed by atoms with van der Waals surface area (Å²) in [6, 6.07) is 0. The molecule has 7 nitrogen and oxygen atoms in total. The number of aliphatic imine (C=N–C) groups is 1. The van der Waals surface area contributed by atoms with Crippen molar-refractivity contribution in [1.29, 1.82) is 0 Å². The van der Waals surface area contributed by atoms with Gasteiger partial charge in [-0.3, -0.25) is 9.59 Å². The molecule has 24 heavy (non-hydrogen) atoms. The van der Waals surface area contributed by atoms with E-state index >= 15 is 0 Å². The van der Waals surface area contributed by atoms with E-state index in [1.165, 1.54) is 11.3 Å². The fourth-order valence-electron chi connectivity index (χ4n) is 2.49. The van der Waals surface area contributed by atoms with Crippen LogP contribution in [0, 0.1) is 5.92 Å². The number of nitrogens with one attached hydrogen (secondary N) is 2. The minimum atomic E-state index is -0.0550. The second-order valence-corrected chi connectivity index (χ2v) is 6.25. The summed E-state index contributed by atoms with van der Waals surface area (Å²) in [7, 11) is 3.41. The van der Waals surface area contributed by atoms with Gasteiger partial charge in [0.1, 0.15) is 6.54 Å². The molecule has 0 radical (unpaired) electrons. The van der Waals surface area contributed by atoms with Crippen molar-refractivity contribution >= 4 is 41.8 Å². The van der Waals surface area contributed by atoms with Crippen molar-refractivity contribution in [3.63, 3.8) is 0 Å². The van der Waals surface area contributed by atoms with Gasteiger partial charge < -0.3 is 20.4 Å². The Hall–Kier alpha value is -1.06. The lowest BCUT2D eigenvalue weighted by molar-refractivity contribution is -0.132. The number of halogens is 1. The summed E-state index contributed by atoms with van der Waals surface area (Å²) in [5.41, 5.74) is 0. The van der Waals surface area contributed by atoms with Crippen LogP contribution in [0.3, 0.4) is 0 Å². The maximum absolute atomic E-state index is 12.2. The molecule has 1 atom stereocenters. The van der Waals surface area contributed by atoms with E-state index in [4.69, 9.17) is 0 Å². The van der Waals surface area contributed by atoms with E-state index in [1.807, 2.05) is 11.8 Å². The Kier molecular flexibility index (Phi) is 11.8. The average Bonchev–Trinajstić information content (AvgIpc) is 2.51. The normalized spacial score (nSPS) is 17.8. The van der Waals surface area contributed by atoms with Gasteiger partial charge in [-0.05, 0) is 25.7 Å². The molecule has 1 fully saturated rings. The van der Waals surface area contributed by atoms with Crippen molar-refractivity contribution in [2.24, 2.45) is 10.9 Å². The lowest BCUT2D eigenvalue weighted by Crippen LogP contribution is -2.42. The van der Waals surface area contributed by atoms with Gasteiger partial charge in [0.15, 0.2) is 5.96 Å². The van der Waals surface area contributed by atoms with Crippen LogP contribution in [-0.4, -0.2) is 74.4 Å². The summed E-state index contributed by atoms with van der Waals surface area (Å²) in [4.78, 5) is 31.5. The molecule has 2 amide bonds. The smallest absolute Gasteiger partial charge is 0.243 e. The first-order valence-corrected chi connectivity index (χ1v) is 8.44. The second kappa shape index (κ2) is 12.3. The molecule has 1 aliphatic heterocycles. The van der Waals surface area contributed by atoms with Crippen LogP contribution in [0.15, 0.2) is 4.99 Å². The SMILES string of the molecule is CCNC(=NCC(=O)N(C)C)NCCC(=O)N1CCCC(C)C1.I. The van der Waals surface area contributed by atoms with Crippen molar-refractivity contribution in [3.8, 4) is 0 Å². The van der Waals surface area contributed by atoms with Gasteiger partial charge in [0.25, 0.3) is 0 Å². The first-order chi connectivity index (χ1) is 10.9. The van der Waals surface area contributed by atoms with Crippen molar-refractivity contribution in [2.75, 3.05) is 46.8 Å². The number of hydrogen-bond acceptors (Lipinski definition) is 3. The third kappa shape index (κ3) is 8.70. The highest BCUT2D eigenvalue weighted by molar-refractivity contribution is 14.0. The maximum atomic E-state index is 12.2. The second-order valence-electron chi connectivity index (χ2n) is 6.25. The third-order valence-electron chi connectivity index (χ3n) is 3.86. The maximum Gasteiger partial charge on any atom is 0.243 e. The van der Waals surface area contributed by atoms with Crippen LogP contribution in [0.5, 0.6) is 0 Å². The number of rotatable bonds is 6. The Balaban J connectivity index is 0.00000529. The van der Waals surface area contributed by atoms with E-state index in [0.717, 1.165) is 19.5 Å². The molecule has 0 bridgehead atoms. The number of piperidine rings is 1. The van der Waals surface area contributed by atoms with Gasteiger partial charge in [0, 0.05) is 46.7 Å². The Morgan fingerprint density at radius 3 is 2.58 bits per heavy atom. The van der Waals surface area contributed by atoms with E-state index in [-0.39, 0.29) is 42.3 Å². The number of hydrogen-bond donors (Lipinski definition) is 2. The van der Waals surface area contributed by atoms with Crippen molar-refractivity contribution in [3.05, 3.63) is 0 Å². The average molecular weight is 453 g/mol. The number of likely N-dealkylation sites (tertiary alicyclic amines) is 1. The molecule has 0 aromatic rings. The quantitative estimate of drug-likeness (QED) is 0.356. The van der Waals surface area contributed by atoms with E-state index in [0.29, 0.717) is 31.4 Å². The zero-order chi connectivity index (χ0) is 17.2. The Morgan fingerprint density at radius 1 is 1.29 bits per heavy atom. The molecule has 0 saturated carbocycles. The highest BCUT2D eigenvalue weighted by atomic mass is 127. The van der Waals surface area contributed by atoms with Crippen LogP contribution in [0.25, 0.3) is 0 Å². The summed E-state index contributed by atoms with van der Waals surface area (Å²) < 4.78 is 0. The molecule has 140 valence electrons. The first kappa shape index (κ1) is 22.9. The molecular weight excluding hydrogens is 421 g/mol. The number of carbonyl (C=O) groups is 2. The zero-order valence-electron chi connectivity index (χ0n) is 15.3. The number of nitrogens with zero attached hydrogens (tertiary/aromatic N) is 3. The number of amides is 2. The van der Waals surface area contributed by atoms with E-state index in [2.05, 4.69) is 22.5 Å². The molecule has 1 unspecified atom stereocenters. The summed E-state index contributed by atoms with van der Waals surface area (Å²) in [6.07, 6.45) is 2.75. The molecule has 1 heterocycles. The van der Waals surface area contributed by atoms with Gasteiger partial charge >= 0.3 is 0 Å². The lowest BCUT2D eigenvalue weighted by atomic mass is 10.00. The van der Waals surface area contributed by atoms with Gasteiger partial charge in [0.2, 0.25) is 11.8 Å². The molecular formula is C16H32IN5O2. The van der Waals surface area contributed by atoms with Crippen LogP contribution < -0.4 is 10.6 Å². The van der Waals surface area contributed by atoms with Crippen molar-refractivity contribution < 1.29 is 9.59 Å². The van der Waals surface area contributed by atoms with E-state index in [9.17, 15) is 9.59 Å². The van der Waals surface area contributed by atoms with Crippen LogP contribution in [0.2, 0.25) is 0 Å². The molecule has 0 aliphatic carbocycles. The van der Waals surface area contributed by atoms with E-state index < -0.39 is 0 Å². The summed E-state index contributed by atoms with van der Waals surface area (Å²) in [6.45, 7) is 7.21. The first-order valence-electron chi connectivity index (χ1n) is 8.44. The Labute approximate surface area is 162 Å². The van der Waals surface area contributed by atoms with Gasteiger partial charge in [0.05, 0.1) is 0 Å². The van der Waals surface area contributed by atoms with Gasteiger partial charge in [-0.1, -0.05) is 6.92 Å². The molecule has 1 aliphatic rings. The molecule has 2 N–H and O–H groups in total. The number of guanidine groups is 1. The molecule has 0 spiro atoms. The summed E-state index contributed by atoms with van der Waals surface area (Å²) >= 11 is 0.